The van der Waals surface area contributed by atoms with E-state index in [9.17, 15) is 0 Å². The van der Waals surface area contributed by atoms with Crippen molar-refractivity contribution in [1.29, 1.82) is 0 Å². The van der Waals surface area contributed by atoms with Gasteiger partial charge in [-0.25, -0.2) is 0 Å². The van der Waals surface area contributed by atoms with Gasteiger partial charge in [-0.2, -0.15) is 0 Å². The van der Waals surface area contributed by atoms with Crippen molar-refractivity contribution in [3.63, 3.8) is 0 Å². The third-order valence-corrected chi connectivity index (χ3v) is 6.73. The van der Waals surface area contributed by atoms with Crippen LogP contribution in [0.15, 0.2) is 12.2 Å². The summed E-state index contributed by atoms with van der Waals surface area (Å²) in [5.41, 5.74) is 0.287. The van der Waals surface area contributed by atoms with Crippen LogP contribution in [0.4, 0.5) is 0 Å². The Morgan fingerprint density at radius 2 is 2.12 bits per heavy atom. The van der Waals surface area contributed by atoms with E-state index in [1.165, 1.54) is 19.3 Å². The van der Waals surface area contributed by atoms with Gasteiger partial charge in [-0.05, 0) is 25.2 Å². The normalized spacial score (nSPS) is 32.6. The Kier molecular flexibility index (Phi) is 3.54. The summed E-state index contributed by atoms with van der Waals surface area (Å²) in [6.45, 7) is 2.83. The highest BCUT2D eigenvalue weighted by atomic mass is 28.4. The summed E-state index contributed by atoms with van der Waals surface area (Å²) >= 11 is 0. The van der Waals surface area contributed by atoms with Gasteiger partial charge in [0.15, 0.2) is 0 Å². The molecule has 0 aromatic rings. The molecule has 0 aromatic carbocycles. The largest absolute Gasteiger partial charge is 0.500 e. The fourth-order valence-corrected chi connectivity index (χ4v) is 4.57. The van der Waals surface area contributed by atoms with Crippen LogP contribution < -0.4 is 0 Å². The van der Waals surface area contributed by atoms with Gasteiger partial charge >= 0.3 is 8.80 Å². The lowest BCUT2D eigenvalue weighted by molar-refractivity contribution is 0.0674. The quantitative estimate of drug-likeness (QED) is 0.529. The standard InChI is InChI=1S/C12H22O3Si/c1-4-16(13-2,14-3)15-10-12-7-5-11(9-12)6-8-12/h5,7,11H,4,6,8-10H2,1-3H3. The van der Waals surface area contributed by atoms with Gasteiger partial charge in [0.1, 0.15) is 0 Å². The summed E-state index contributed by atoms with van der Waals surface area (Å²) in [5, 5.41) is 0. The SMILES string of the molecule is CC[Si](OC)(OC)OCC12C=CC(CC1)C2. The Morgan fingerprint density at radius 1 is 1.38 bits per heavy atom. The number of hydrogen-bond donors (Lipinski definition) is 0. The first-order valence-corrected chi connectivity index (χ1v) is 8.04. The van der Waals surface area contributed by atoms with Crippen molar-refractivity contribution in [3.8, 4) is 0 Å². The van der Waals surface area contributed by atoms with E-state index in [1.54, 1.807) is 14.2 Å². The molecule has 2 rings (SSSR count). The zero-order chi connectivity index (χ0) is 11.6. The van der Waals surface area contributed by atoms with E-state index in [0.717, 1.165) is 18.6 Å². The van der Waals surface area contributed by atoms with Crippen LogP contribution >= 0.6 is 0 Å². The minimum atomic E-state index is -2.36. The smallest absolute Gasteiger partial charge is 0.377 e. The maximum atomic E-state index is 6.03. The van der Waals surface area contributed by atoms with Crippen LogP contribution in [0.3, 0.4) is 0 Å². The molecule has 0 aromatic heterocycles. The Morgan fingerprint density at radius 3 is 2.50 bits per heavy atom. The molecule has 92 valence electrons. The highest BCUT2D eigenvalue weighted by Gasteiger charge is 2.45. The molecule has 2 aliphatic rings. The lowest BCUT2D eigenvalue weighted by Crippen LogP contribution is -2.45. The van der Waals surface area contributed by atoms with Crippen LogP contribution in [-0.2, 0) is 13.3 Å². The van der Waals surface area contributed by atoms with Crippen molar-refractivity contribution in [3.05, 3.63) is 12.2 Å². The van der Waals surface area contributed by atoms with Crippen LogP contribution in [0.25, 0.3) is 0 Å². The zero-order valence-electron chi connectivity index (χ0n) is 10.5. The Bertz CT molecular complexity index is 267. The summed E-state index contributed by atoms with van der Waals surface area (Å²) in [6, 6.07) is 0.837. The number of hydrogen-bond acceptors (Lipinski definition) is 3. The molecular formula is C12H22O3Si. The molecule has 0 saturated heterocycles. The second-order valence-corrected chi connectivity index (χ2v) is 8.14. The first-order chi connectivity index (χ1) is 7.67. The zero-order valence-corrected chi connectivity index (χ0v) is 11.5. The van der Waals surface area contributed by atoms with E-state index in [2.05, 4.69) is 19.1 Å². The summed E-state index contributed by atoms with van der Waals surface area (Å²) in [6.07, 6.45) is 8.54. The molecule has 0 radical (unpaired) electrons. The molecular weight excluding hydrogens is 220 g/mol. The van der Waals surface area contributed by atoms with E-state index in [-0.39, 0.29) is 5.41 Å². The Labute approximate surface area is 99.1 Å². The van der Waals surface area contributed by atoms with Crippen LogP contribution in [0.2, 0.25) is 6.04 Å². The number of fused-ring (bicyclic) bond motifs is 2. The van der Waals surface area contributed by atoms with Gasteiger partial charge in [0.25, 0.3) is 0 Å². The topological polar surface area (TPSA) is 27.7 Å². The van der Waals surface area contributed by atoms with Gasteiger partial charge < -0.3 is 13.3 Å². The molecule has 0 N–H and O–H groups in total. The van der Waals surface area contributed by atoms with Crippen LogP contribution in [-0.4, -0.2) is 29.6 Å². The molecule has 0 amide bonds. The highest BCUT2D eigenvalue weighted by molar-refractivity contribution is 6.60. The van der Waals surface area contributed by atoms with Crippen molar-refractivity contribution in [2.75, 3.05) is 20.8 Å². The lowest BCUT2D eigenvalue weighted by Gasteiger charge is -2.31. The number of rotatable bonds is 6. The van der Waals surface area contributed by atoms with Crippen molar-refractivity contribution >= 4 is 8.80 Å². The van der Waals surface area contributed by atoms with Crippen LogP contribution in [0.1, 0.15) is 26.2 Å². The van der Waals surface area contributed by atoms with Crippen molar-refractivity contribution in [2.24, 2.45) is 11.3 Å². The summed E-state index contributed by atoms with van der Waals surface area (Å²) in [4.78, 5) is 0. The molecule has 2 aliphatic carbocycles. The first kappa shape index (κ1) is 12.3. The molecule has 16 heavy (non-hydrogen) atoms. The van der Waals surface area contributed by atoms with Gasteiger partial charge in [0, 0.05) is 32.3 Å². The van der Waals surface area contributed by atoms with Crippen molar-refractivity contribution in [1.82, 2.24) is 0 Å². The van der Waals surface area contributed by atoms with Gasteiger partial charge in [0.2, 0.25) is 0 Å². The highest BCUT2D eigenvalue weighted by Crippen LogP contribution is 2.49. The molecule has 2 atom stereocenters. The minimum absolute atomic E-state index is 0.287. The average molecular weight is 242 g/mol. The number of allylic oxidation sites excluding steroid dienone is 1. The fourth-order valence-electron chi connectivity index (χ4n) is 2.88. The maximum Gasteiger partial charge on any atom is 0.500 e. The van der Waals surface area contributed by atoms with Gasteiger partial charge in [-0.1, -0.05) is 19.1 Å². The molecule has 2 unspecified atom stereocenters. The monoisotopic (exact) mass is 242 g/mol. The molecule has 0 spiro atoms. The minimum Gasteiger partial charge on any atom is -0.377 e. The van der Waals surface area contributed by atoms with Gasteiger partial charge in [-0.3, -0.25) is 0 Å². The molecule has 0 aliphatic heterocycles. The second-order valence-electron chi connectivity index (χ2n) is 4.96. The third kappa shape index (κ3) is 2.11. The fraction of sp³-hybridized carbons (Fsp3) is 0.833. The Hall–Kier alpha value is -0.163. The van der Waals surface area contributed by atoms with Gasteiger partial charge in [0.05, 0.1) is 0 Å². The van der Waals surface area contributed by atoms with Crippen LogP contribution in [0, 0.1) is 11.3 Å². The molecule has 4 heteroatoms. The summed E-state index contributed by atoms with van der Waals surface area (Å²) in [5.74, 6) is 0.798. The predicted molar refractivity (Wildman–Crippen MR) is 65.1 cm³/mol. The molecule has 3 nitrogen and oxygen atoms in total. The molecule has 1 fully saturated rings. The van der Waals surface area contributed by atoms with Gasteiger partial charge in [-0.15, -0.1) is 0 Å². The van der Waals surface area contributed by atoms with E-state index in [4.69, 9.17) is 13.3 Å². The lowest BCUT2D eigenvalue weighted by atomic mass is 9.89. The molecule has 0 heterocycles. The van der Waals surface area contributed by atoms with E-state index in [1.807, 2.05) is 0 Å². The second kappa shape index (κ2) is 4.60. The average Bonchev–Trinajstić information content (AvgIpc) is 2.92. The third-order valence-electron chi connectivity index (χ3n) is 4.04. The summed E-state index contributed by atoms with van der Waals surface area (Å²) in [7, 11) is 1.02. The first-order valence-electron chi connectivity index (χ1n) is 6.11. The van der Waals surface area contributed by atoms with Crippen molar-refractivity contribution in [2.45, 2.75) is 32.2 Å². The summed E-state index contributed by atoms with van der Waals surface area (Å²) < 4.78 is 17.0. The Balaban J connectivity index is 1.93. The van der Waals surface area contributed by atoms with Crippen LogP contribution in [0.5, 0.6) is 0 Å². The molecule has 2 bridgehead atoms. The van der Waals surface area contributed by atoms with E-state index < -0.39 is 8.80 Å². The van der Waals surface area contributed by atoms with Crippen molar-refractivity contribution < 1.29 is 13.3 Å². The maximum absolute atomic E-state index is 6.03. The van der Waals surface area contributed by atoms with E-state index >= 15 is 0 Å². The molecule has 1 saturated carbocycles. The predicted octanol–water partition coefficient (Wildman–Crippen LogP) is 2.61. The van der Waals surface area contributed by atoms with E-state index in [0.29, 0.717) is 0 Å².